The van der Waals surface area contributed by atoms with Gasteiger partial charge < -0.3 is 4.74 Å². The van der Waals surface area contributed by atoms with E-state index in [9.17, 15) is 57.1 Å². The van der Waals surface area contributed by atoms with Crippen molar-refractivity contribution in [2.75, 3.05) is 13.2 Å². The molecule has 0 saturated carbocycles. The molecule has 144 valence electrons. The second-order valence-corrected chi connectivity index (χ2v) is 4.30. The van der Waals surface area contributed by atoms with Crippen LogP contribution in [-0.4, -0.2) is 49.0 Å². The van der Waals surface area contributed by atoms with Gasteiger partial charge in [-0.05, 0) is 0 Å². The minimum Gasteiger partial charge on any atom is -0.371 e. The third-order valence-corrected chi connectivity index (χ3v) is 2.52. The molecule has 0 atom stereocenters. The van der Waals surface area contributed by atoms with Gasteiger partial charge in [-0.15, -0.1) is 6.58 Å². The lowest BCUT2D eigenvalue weighted by atomic mass is 9.94. The number of halogens is 13. The van der Waals surface area contributed by atoms with Crippen molar-refractivity contribution in [1.82, 2.24) is 0 Å². The first-order valence-electron chi connectivity index (χ1n) is 5.45. The van der Waals surface area contributed by atoms with Crippen LogP contribution in [0.25, 0.3) is 0 Å². The monoisotopic (exact) mass is 390 g/mol. The lowest BCUT2D eigenvalue weighted by Crippen LogP contribution is -2.70. The van der Waals surface area contributed by atoms with Gasteiger partial charge in [0.15, 0.2) is 0 Å². The molecule has 0 heterocycles. The Morgan fingerprint density at radius 3 is 1.33 bits per heavy atom. The van der Waals surface area contributed by atoms with Gasteiger partial charge in [-0.25, -0.2) is 0 Å². The van der Waals surface area contributed by atoms with E-state index < -0.39 is 49.0 Å². The Kier molecular flexibility index (Phi) is 5.94. The Morgan fingerprint density at radius 1 is 0.625 bits per heavy atom. The summed E-state index contributed by atoms with van der Waals surface area (Å²) in [5, 5.41) is 0. The molecule has 24 heavy (non-hydrogen) atoms. The lowest BCUT2D eigenvalue weighted by molar-refractivity contribution is -0.441. The fourth-order valence-corrected chi connectivity index (χ4v) is 1.16. The zero-order valence-corrected chi connectivity index (χ0v) is 11.0. The first kappa shape index (κ1) is 22.8. The smallest absolute Gasteiger partial charge is 0.371 e. The molecule has 0 N–H and O–H groups in total. The highest BCUT2D eigenvalue weighted by molar-refractivity contribution is 5.10. The molecule has 0 amide bonds. The first-order chi connectivity index (χ1) is 10.3. The molecule has 0 bridgehead atoms. The third kappa shape index (κ3) is 3.28. The van der Waals surface area contributed by atoms with E-state index >= 15 is 0 Å². The van der Waals surface area contributed by atoms with Crippen molar-refractivity contribution in [3.63, 3.8) is 0 Å². The van der Waals surface area contributed by atoms with Crippen LogP contribution in [0.15, 0.2) is 12.7 Å². The summed E-state index contributed by atoms with van der Waals surface area (Å²) >= 11 is 0. The van der Waals surface area contributed by atoms with E-state index in [4.69, 9.17) is 0 Å². The molecular formula is C10H7F13O. The summed E-state index contributed by atoms with van der Waals surface area (Å²) in [7, 11) is 0. The summed E-state index contributed by atoms with van der Waals surface area (Å²) in [6, 6.07) is 0. The first-order valence-corrected chi connectivity index (χ1v) is 5.45. The van der Waals surface area contributed by atoms with E-state index in [0.717, 1.165) is 0 Å². The number of ether oxygens (including phenoxy) is 1. The van der Waals surface area contributed by atoms with Crippen molar-refractivity contribution in [1.29, 1.82) is 0 Å². The van der Waals surface area contributed by atoms with Crippen LogP contribution in [0, 0.1) is 0 Å². The van der Waals surface area contributed by atoms with Crippen molar-refractivity contribution in [3.05, 3.63) is 12.7 Å². The fourth-order valence-electron chi connectivity index (χ4n) is 1.16. The van der Waals surface area contributed by atoms with Gasteiger partial charge in [-0.3, -0.25) is 0 Å². The average Bonchev–Trinajstić information content (AvgIpc) is 2.36. The molecule has 0 aromatic carbocycles. The maximum absolute atomic E-state index is 13.0. The summed E-state index contributed by atoms with van der Waals surface area (Å²) < 4.78 is 167. The van der Waals surface area contributed by atoms with Crippen molar-refractivity contribution >= 4 is 0 Å². The zero-order chi connectivity index (χ0) is 19.8. The van der Waals surface area contributed by atoms with Crippen LogP contribution < -0.4 is 0 Å². The molecule has 0 rings (SSSR count). The Balaban J connectivity index is 5.96. The molecule has 0 unspecified atom stereocenters. The summed E-state index contributed by atoms with van der Waals surface area (Å²) in [6.45, 7) is -0.783. The molecule has 0 aliphatic heterocycles. The van der Waals surface area contributed by atoms with Crippen molar-refractivity contribution in [2.45, 2.75) is 35.8 Å². The number of alkyl halides is 13. The maximum Gasteiger partial charge on any atom is 0.460 e. The van der Waals surface area contributed by atoms with Crippen LogP contribution in [0.4, 0.5) is 57.1 Å². The van der Waals surface area contributed by atoms with Crippen LogP contribution in [0.2, 0.25) is 0 Å². The highest BCUT2D eigenvalue weighted by atomic mass is 19.4. The normalized spacial score (nSPS) is 15.5. The Bertz CT molecular complexity index is 450. The van der Waals surface area contributed by atoms with Crippen LogP contribution in [0.5, 0.6) is 0 Å². The van der Waals surface area contributed by atoms with E-state index in [1.807, 2.05) is 0 Å². The molecule has 14 heteroatoms. The summed E-state index contributed by atoms with van der Waals surface area (Å²) in [6.07, 6.45) is -6.76. The highest BCUT2D eigenvalue weighted by Crippen LogP contribution is 2.60. The van der Waals surface area contributed by atoms with Gasteiger partial charge in [0, 0.05) is 0 Å². The number of hydrogen-bond donors (Lipinski definition) is 0. The molecule has 0 aromatic heterocycles. The van der Waals surface area contributed by atoms with Gasteiger partial charge in [0.05, 0.1) is 6.61 Å². The van der Waals surface area contributed by atoms with E-state index in [-0.39, 0.29) is 0 Å². The van der Waals surface area contributed by atoms with E-state index in [0.29, 0.717) is 6.08 Å². The van der Waals surface area contributed by atoms with Crippen LogP contribution >= 0.6 is 0 Å². The highest BCUT2D eigenvalue weighted by Gasteiger charge is 2.90. The summed E-state index contributed by atoms with van der Waals surface area (Å²) in [5.74, 6) is -36.9. The molecular weight excluding hydrogens is 383 g/mol. The molecule has 1 nitrogen and oxygen atoms in total. The SMILES string of the molecule is C=CCOCC(F)(F)C(F)(F)C(F)(F)C(F)(F)C(F)(F)C(F)(F)F. The number of hydrogen-bond acceptors (Lipinski definition) is 1. The topological polar surface area (TPSA) is 9.23 Å². The van der Waals surface area contributed by atoms with E-state index in [2.05, 4.69) is 11.3 Å². The maximum atomic E-state index is 13.0. The second-order valence-electron chi connectivity index (χ2n) is 4.30. The van der Waals surface area contributed by atoms with Gasteiger partial charge in [0.25, 0.3) is 0 Å². The molecule has 0 fully saturated rings. The molecule has 0 aliphatic carbocycles. The Hall–Kier alpha value is -1.21. The Morgan fingerprint density at radius 2 is 1.00 bits per heavy atom. The van der Waals surface area contributed by atoms with Gasteiger partial charge in [-0.2, -0.15) is 57.1 Å². The van der Waals surface area contributed by atoms with Gasteiger partial charge in [0.1, 0.15) is 6.61 Å². The van der Waals surface area contributed by atoms with Crippen molar-refractivity contribution in [3.8, 4) is 0 Å². The second kappa shape index (κ2) is 6.26. The minimum atomic E-state index is -7.89. The standard InChI is InChI=1S/C10H7F13O/c1-2-3-24-4-5(11,12)6(13,14)7(15,16)8(17,18)9(19,20)10(21,22)23/h2H,1,3-4H2. The molecule has 0 aliphatic rings. The summed E-state index contributed by atoms with van der Waals surface area (Å²) in [5.41, 5.74) is 0. The van der Waals surface area contributed by atoms with Gasteiger partial charge in [-0.1, -0.05) is 6.08 Å². The fraction of sp³-hybridized carbons (Fsp3) is 0.800. The van der Waals surface area contributed by atoms with Gasteiger partial charge in [0.2, 0.25) is 0 Å². The lowest BCUT2D eigenvalue weighted by Gasteiger charge is -2.39. The third-order valence-electron chi connectivity index (χ3n) is 2.52. The predicted molar refractivity (Wildman–Crippen MR) is 51.8 cm³/mol. The quantitative estimate of drug-likeness (QED) is 0.325. The van der Waals surface area contributed by atoms with Crippen LogP contribution in [0.1, 0.15) is 0 Å². The minimum absolute atomic E-state index is 0.652. The van der Waals surface area contributed by atoms with Gasteiger partial charge >= 0.3 is 35.8 Å². The zero-order valence-electron chi connectivity index (χ0n) is 11.0. The van der Waals surface area contributed by atoms with Crippen molar-refractivity contribution in [2.24, 2.45) is 0 Å². The van der Waals surface area contributed by atoms with Crippen molar-refractivity contribution < 1.29 is 61.8 Å². The number of rotatable bonds is 8. The van der Waals surface area contributed by atoms with Crippen LogP contribution in [0.3, 0.4) is 0 Å². The molecule has 0 aromatic rings. The van der Waals surface area contributed by atoms with E-state index in [1.165, 1.54) is 0 Å². The van der Waals surface area contributed by atoms with Crippen LogP contribution in [-0.2, 0) is 4.74 Å². The predicted octanol–water partition coefficient (Wildman–Crippen LogP) is 4.93. The summed E-state index contributed by atoms with van der Waals surface area (Å²) in [4.78, 5) is 0. The molecule has 0 radical (unpaired) electrons. The molecule has 0 spiro atoms. The molecule has 0 saturated heterocycles. The Labute approximate surface area is 125 Å². The largest absolute Gasteiger partial charge is 0.460 e. The van der Waals surface area contributed by atoms with E-state index in [1.54, 1.807) is 0 Å². The average molecular weight is 390 g/mol.